The standard InChI is InChI=1S/C17H19NO2/c1-11(10-19)18-12(2)17-9-15-14-6-4-3-5-13(14)7-8-16(15)20-17/h3-9,11-12,18-19H,10H2,1-2H3. The van der Waals surface area contributed by atoms with Crippen LogP contribution < -0.4 is 5.32 Å². The summed E-state index contributed by atoms with van der Waals surface area (Å²) in [6, 6.07) is 14.6. The van der Waals surface area contributed by atoms with Crippen LogP contribution in [0.25, 0.3) is 21.7 Å². The Kier molecular flexibility index (Phi) is 3.47. The Labute approximate surface area is 118 Å². The second-order valence-electron chi connectivity index (χ2n) is 5.32. The van der Waals surface area contributed by atoms with Gasteiger partial charge in [0.1, 0.15) is 11.3 Å². The third-order valence-electron chi connectivity index (χ3n) is 3.68. The van der Waals surface area contributed by atoms with Crippen molar-refractivity contribution in [3.05, 3.63) is 48.2 Å². The fourth-order valence-corrected chi connectivity index (χ4v) is 2.59. The van der Waals surface area contributed by atoms with Crippen LogP contribution in [0.4, 0.5) is 0 Å². The first-order valence-electron chi connectivity index (χ1n) is 6.97. The summed E-state index contributed by atoms with van der Waals surface area (Å²) in [5.74, 6) is 0.900. The molecule has 0 saturated carbocycles. The highest BCUT2D eigenvalue weighted by Gasteiger charge is 2.14. The molecule has 0 aliphatic carbocycles. The van der Waals surface area contributed by atoms with Gasteiger partial charge >= 0.3 is 0 Å². The molecule has 3 rings (SSSR count). The molecule has 1 aromatic heterocycles. The highest BCUT2D eigenvalue weighted by molar-refractivity contribution is 6.05. The van der Waals surface area contributed by atoms with Crippen LogP contribution in [0, 0.1) is 0 Å². The van der Waals surface area contributed by atoms with E-state index in [-0.39, 0.29) is 18.7 Å². The van der Waals surface area contributed by atoms with Crippen molar-refractivity contribution in [1.29, 1.82) is 0 Å². The number of furan rings is 1. The molecule has 0 spiro atoms. The van der Waals surface area contributed by atoms with Gasteiger partial charge in [-0.15, -0.1) is 0 Å². The lowest BCUT2D eigenvalue weighted by Crippen LogP contribution is -2.31. The predicted octanol–water partition coefficient (Wildman–Crippen LogP) is 3.62. The van der Waals surface area contributed by atoms with E-state index < -0.39 is 0 Å². The number of rotatable bonds is 4. The van der Waals surface area contributed by atoms with E-state index in [9.17, 15) is 0 Å². The van der Waals surface area contributed by atoms with Gasteiger partial charge in [-0.25, -0.2) is 0 Å². The third kappa shape index (κ3) is 2.30. The van der Waals surface area contributed by atoms with Crippen LogP contribution in [-0.2, 0) is 0 Å². The zero-order valence-corrected chi connectivity index (χ0v) is 11.8. The molecule has 0 aliphatic rings. The summed E-state index contributed by atoms with van der Waals surface area (Å²) in [7, 11) is 0. The Balaban J connectivity index is 2.04. The highest BCUT2D eigenvalue weighted by Crippen LogP contribution is 2.30. The molecular formula is C17H19NO2. The smallest absolute Gasteiger partial charge is 0.135 e. The van der Waals surface area contributed by atoms with E-state index in [1.54, 1.807) is 0 Å². The average molecular weight is 269 g/mol. The van der Waals surface area contributed by atoms with Gasteiger partial charge in [0.15, 0.2) is 0 Å². The zero-order valence-electron chi connectivity index (χ0n) is 11.8. The summed E-state index contributed by atoms with van der Waals surface area (Å²) < 4.78 is 5.94. The molecule has 0 bridgehead atoms. The van der Waals surface area contributed by atoms with Gasteiger partial charge in [-0.05, 0) is 36.8 Å². The summed E-state index contributed by atoms with van der Waals surface area (Å²) in [6.07, 6.45) is 0. The second-order valence-corrected chi connectivity index (χ2v) is 5.32. The van der Waals surface area contributed by atoms with Crippen molar-refractivity contribution < 1.29 is 9.52 Å². The van der Waals surface area contributed by atoms with Crippen LogP contribution in [-0.4, -0.2) is 17.8 Å². The topological polar surface area (TPSA) is 45.4 Å². The van der Waals surface area contributed by atoms with E-state index in [2.05, 4.69) is 29.6 Å². The van der Waals surface area contributed by atoms with Gasteiger partial charge in [0, 0.05) is 11.4 Å². The lowest BCUT2D eigenvalue weighted by Gasteiger charge is -2.15. The Hall–Kier alpha value is -1.84. The predicted molar refractivity (Wildman–Crippen MR) is 81.8 cm³/mol. The molecule has 3 nitrogen and oxygen atoms in total. The molecule has 0 amide bonds. The van der Waals surface area contributed by atoms with Crippen LogP contribution in [0.1, 0.15) is 25.6 Å². The molecule has 0 saturated heterocycles. The summed E-state index contributed by atoms with van der Waals surface area (Å²) in [6.45, 7) is 4.12. The van der Waals surface area contributed by atoms with Crippen molar-refractivity contribution in [2.45, 2.75) is 25.9 Å². The molecule has 2 N–H and O–H groups in total. The number of nitrogens with one attached hydrogen (secondary N) is 1. The SMILES string of the molecule is CC(CO)NC(C)c1cc2c(ccc3ccccc32)o1. The summed E-state index contributed by atoms with van der Waals surface area (Å²) in [4.78, 5) is 0. The third-order valence-corrected chi connectivity index (χ3v) is 3.68. The minimum atomic E-state index is 0.0509. The Bertz CT molecular complexity index is 732. The van der Waals surface area contributed by atoms with E-state index >= 15 is 0 Å². The van der Waals surface area contributed by atoms with Crippen molar-refractivity contribution >= 4 is 21.7 Å². The molecule has 104 valence electrons. The maximum atomic E-state index is 9.12. The minimum absolute atomic E-state index is 0.0509. The van der Waals surface area contributed by atoms with Crippen LogP contribution in [0.3, 0.4) is 0 Å². The van der Waals surface area contributed by atoms with Gasteiger partial charge in [0.05, 0.1) is 12.6 Å². The van der Waals surface area contributed by atoms with Crippen molar-refractivity contribution in [3.8, 4) is 0 Å². The van der Waals surface area contributed by atoms with Crippen molar-refractivity contribution in [2.24, 2.45) is 0 Å². The lowest BCUT2D eigenvalue weighted by atomic mass is 10.1. The maximum absolute atomic E-state index is 9.12. The molecular weight excluding hydrogens is 250 g/mol. The minimum Gasteiger partial charge on any atom is -0.459 e. The molecule has 20 heavy (non-hydrogen) atoms. The van der Waals surface area contributed by atoms with Crippen LogP contribution >= 0.6 is 0 Å². The van der Waals surface area contributed by atoms with Gasteiger partial charge < -0.3 is 14.8 Å². The molecule has 1 heterocycles. The first-order valence-corrected chi connectivity index (χ1v) is 6.97. The molecule has 0 fully saturated rings. The lowest BCUT2D eigenvalue weighted by molar-refractivity contribution is 0.239. The van der Waals surface area contributed by atoms with Gasteiger partial charge in [-0.3, -0.25) is 0 Å². The Morgan fingerprint density at radius 3 is 2.70 bits per heavy atom. The first kappa shape index (κ1) is 13.2. The van der Waals surface area contributed by atoms with E-state index in [1.807, 2.05) is 32.0 Å². The van der Waals surface area contributed by atoms with Crippen LogP contribution in [0.5, 0.6) is 0 Å². The van der Waals surface area contributed by atoms with Crippen LogP contribution in [0.15, 0.2) is 46.9 Å². The molecule has 3 aromatic rings. The number of benzene rings is 2. The molecule has 2 unspecified atom stereocenters. The van der Waals surface area contributed by atoms with E-state index in [1.165, 1.54) is 10.8 Å². The summed E-state index contributed by atoms with van der Waals surface area (Å²) >= 11 is 0. The zero-order chi connectivity index (χ0) is 14.1. The van der Waals surface area contributed by atoms with Gasteiger partial charge in [-0.1, -0.05) is 30.3 Å². The van der Waals surface area contributed by atoms with Crippen molar-refractivity contribution in [1.82, 2.24) is 5.32 Å². The van der Waals surface area contributed by atoms with Crippen molar-refractivity contribution in [3.63, 3.8) is 0 Å². The van der Waals surface area contributed by atoms with Gasteiger partial charge in [-0.2, -0.15) is 0 Å². The molecule has 0 aliphatic heterocycles. The number of aliphatic hydroxyl groups excluding tert-OH is 1. The van der Waals surface area contributed by atoms with E-state index in [0.29, 0.717) is 0 Å². The van der Waals surface area contributed by atoms with E-state index in [4.69, 9.17) is 9.52 Å². The monoisotopic (exact) mass is 269 g/mol. The first-order chi connectivity index (χ1) is 9.69. The largest absolute Gasteiger partial charge is 0.459 e. The van der Waals surface area contributed by atoms with Gasteiger partial charge in [0.25, 0.3) is 0 Å². The van der Waals surface area contributed by atoms with Crippen molar-refractivity contribution in [2.75, 3.05) is 6.61 Å². The van der Waals surface area contributed by atoms with Gasteiger partial charge in [0.2, 0.25) is 0 Å². The number of aliphatic hydroxyl groups is 1. The highest BCUT2D eigenvalue weighted by atomic mass is 16.3. The summed E-state index contributed by atoms with van der Waals surface area (Å²) in [5.41, 5.74) is 0.906. The second kappa shape index (κ2) is 5.27. The molecule has 2 aromatic carbocycles. The number of hydrogen-bond acceptors (Lipinski definition) is 3. The molecule has 0 radical (unpaired) electrons. The van der Waals surface area contributed by atoms with E-state index in [0.717, 1.165) is 16.7 Å². The fraction of sp³-hybridized carbons (Fsp3) is 0.294. The number of fused-ring (bicyclic) bond motifs is 3. The molecule has 2 atom stereocenters. The quantitative estimate of drug-likeness (QED) is 0.760. The Morgan fingerprint density at radius 1 is 1.10 bits per heavy atom. The average Bonchev–Trinajstić information content (AvgIpc) is 2.91. The summed E-state index contributed by atoms with van der Waals surface area (Å²) in [5, 5.41) is 16.0. The Morgan fingerprint density at radius 2 is 1.90 bits per heavy atom. The number of hydrogen-bond donors (Lipinski definition) is 2. The van der Waals surface area contributed by atoms with Crippen LogP contribution in [0.2, 0.25) is 0 Å². The maximum Gasteiger partial charge on any atom is 0.135 e. The normalized spacial score (nSPS) is 14.8. The fourth-order valence-electron chi connectivity index (χ4n) is 2.59. The molecule has 3 heteroatoms.